The van der Waals surface area contributed by atoms with Crippen molar-refractivity contribution in [2.45, 2.75) is 114 Å². The summed E-state index contributed by atoms with van der Waals surface area (Å²) < 4.78 is 129. The maximum absolute atomic E-state index is 17.2. The van der Waals surface area contributed by atoms with E-state index < -0.39 is 67.9 Å². The number of hydrogen-bond acceptors (Lipinski definition) is 6. The Morgan fingerprint density at radius 2 is 1.52 bits per heavy atom. The van der Waals surface area contributed by atoms with Gasteiger partial charge in [-0.1, -0.05) is 26.0 Å². The quantitative estimate of drug-likeness (QED) is 0.232. The largest absolute Gasteiger partial charge is 0.490 e. The number of aliphatic hydroxyl groups excluding tert-OH is 1. The number of halogens is 9. The molecule has 1 saturated heterocycles. The van der Waals surface area contributed by atoms with Crippen molar-refractivity contribution in [3.05, 3.63) is 75.9 Å². The van der Waals surface area contributed by atoms with Crippen LogP contribution in [0, 0.1) is 5.41 Å². The maximum Gasteiger partial charge on any atom is 0.416 e. The van der Waals surface area contributed by atoms with Crippen molar-refractivity contribution < 1.29 is 49.4 Å². The lowest BCUT2D eigenvalue weighted by Crippen LogP contribution is -2.36. The molecule has 2 fully saturated rings. The second-order valence-electron chi connectivity index (χ2n) is 15.1. The molecule has 3 heterocycles. The van der Waals surface area contributed by atoms with Gasteiger partial charge >= 0.3 is 12.4 Å². The molecule has 3 aromatic rings. The molecule has 6 nitrogen and oxygen atoms in total. The van der Waals surface area contributed by atoms with Gasteiger partial charge in [-0.15, -0.1) is 0 Å². The van der Waals surface area contributed by atoms with E-state index in [1.807, 2.05) is 18.7 Å². The molecule has 2 atom stereocenters. The number of pyridine rings is 1. The molecule has 0 spiro atoms. The first kappa shape index (κ1) is 38.1. The van der Waals surface area contributed by atoms with Crippen LogP contribution in [-0.2, 0) is 12.6 Å². The van der Waals surface area contributed by atoms with Gasteiger partial charge in [-0.25, -0.2) is 23.1 Å². The Labute approximate surface area is 295 Å². The van der Waals surface area contributed by atoms with Crippen LogP contribution in [0.25, 0.3) is 0 Å². The summed E-state index contributed by atoms with van der Waals surface area (Å²) in [6, 6.07) is 3.81. The highest BCUT2D eigenvalue weighted by Crippen LogP contribution is 2.52. The van der Waals surface area contributed by atoms with E-state index in [9.17, 15) is 40.2 Å². The van der Waals surface area contributed by atoms with Gasteiger partial charge in [0.1, 0.15) is 0 Å². The maximum atomic E-state index is 17.2. The second-order valence-corrected chi connectivity index (χ2v) is 15.1. The van der Waals surface area contributed by atoms with Crippen molar-refractivity contribution in [2.24, 2.45) is 5.41 Å². The van der Waals surface area contributed by atoms with Gasteiger partial charge in [-0.3, -0.25) is 4.98 Å². The van der Waals surface area contributed by atoms with Crippen molar-refractivity contribution in [1.29, 1.82) is 0 Å². The Morgan fingerprint density at radius 1 is 0.904 bits per heavy atom. The number of aromatic nitrogens is 3. The van der Waals surface area contributed by atoms with Gasteiger partial charge in [-0.05, 0) is 73.1 Å². The van der Waals surface area contributed by atoms with Crippen molar-refractivity contribution in [3.63, 3.8) is 0 Å². The highest BCUT2D eigenvalue weighted by atomic mass is 19.4. The molecule has 6 rings (SSSR count). The summed E-state index contributed by atoms with van der Waals surface area (Å²) in [5.74, 6) is -3.32. The highest BCUT2D eigenvalue weighted by Gasteiger charge is 2.44. The summed E-state index contributed by atoms with van der Waals surface area (Å²) in [6.45, 7) is 4.19. The number of nitrogens with zero attached hydrogens (tertiary/aromatic N) is 4. The van der Waals surface area contributed by atoms with E-state index >= 15 is 4.39 Å². The first-order valence-electron chi connectivity index (χ1n) is 17.5. The number of piperidine rings is 1. The van der Waals surface area contributed by atoms with Crippen molar-refractivity contribution in [3.8, 4) is 5.75 Å². The topological polar surface area (TPSA) is 71.4 Å². The van der Waals surface area contributed by atoms with Crippen LogP contribution >= 0.6 is 0 Å². The summed E-state index contributed by atoms with van der Waals surface area (Å²) >= 11 is 0. The molecule has 1 aromatic carbocycles. The zero-order valence-electron chi connectivity index (χ0n) is 28.8. The van der Waals surface area contributed by atoms with Gasteiger partial charge in [0.05, 0.1) is 42.8 Å². The molecule has 15 heteroatoms. The van der Waals surface area contributed by atoms with E-state index in [4.69, 9.17) is 9.72 Å². The van der Waals surface area contributed by atoms with E-state index in [0.29, 0.717) is 67.2 Å². The van der Waals surface area contributed by atoms with Crippen molar-refractivity contribution in [2.75, 3.05) is 24.6 Å². The van der Waals surface area contributed by atoms with Gasteiger partial charge < -0.3 is 14.7 Å². The number of alkyl halides is 9. The molecule has 1 N–H and O–H groups in total. The fraction of sp³-hybridized carbons (Fsp3) is 0.595. The molecule has 3 aliphatic rings. The third-order valence-corrected chi connectivity index (χ3v) is 10.5. The molecule has 1 unspecified atom stereocenters. The molecule has 0 amide bonds. The zero-order valence-corrected chi connectivity index (χ0v) is 28.8. The van der Waals surface area contributed by atoms with E-state index in [-0.39, 0.29) is 41.1 Å². The fourth-order valence-corrected chi connectivity index (χ4v) is 7.90. The minimum Gasteiger partial charge on any atom is -0.490 e. The van der Waals surface area contributed by atoms with Crippen LogP contribution < -0.4 is 9.64 Å². The fourth-order valence-electron chi connectivity index (χ4n) is 7.90. The minimum atomic E-state index is -4.63. The van der Waals surface area contributed by atoms with Crippen LogP contribution in [0.4, 0.5) is 45.5 Å². The summed E-state index contributed by atoms with van der Waals surface area (Å²) in [5.41, 5.74) is 0.716. The molecular weight excluding hydrogens is 703 g/mol. The monoisotopic (exact) mass is 744 g/mol. The summed E-state index contributed by atoms with van der Waals surface area (Å²) in [6.07, 6.45) is -9.52. The predicted octanol–water partition coefficient (Wildman–Crippen LogP) is 9.96. The smallest absolute Gasteiger partial charge is 0.416 e. The highest BCUT2D eigenvalue weighted by molar-refractivity contribution is 5.51. The first-order valence-corrected chi connectivity index (χ1v) is 17.5. The van der Waals surface area contributed by atoms with Crippen molar-refractivity contribution in [1.82, 2.24) is 15.0 Å². The Balaban J connectivity index is 1.36. The lowest BCUT2D eigenvalue weighted by molar-refractivity contribution is -0.139. The van der Waals surface area contributed by atoms with Gasteiger partial charge in [0.2, 0.25) is 11.9 Å². The SMILES string of the molecule is CC1(C)Cc2nc(C3CCN(c4ncc(OCCC(F)(F)F)cn4)CC3)c([C@@H](F)c3ccc(C(F)(F)F)cc3)c(C3CCC(F)(F)CC3)c2C(O)C1. The Bertz CT molecular complexity index is 1690. The van der Waals surface area contributed by atoms with Gasteiger partial charge in [0, 0.05) is 48.7 Å². The first-order chi connectivity index (χ1) is 24.3. The number of benzene rings is 1. The molecule has 52 heavy (non-hydrogen) atoms. The van der Waals surface area contributed by atoms with Crippen LogP contribution in [0.1, 0.15) is 129 Å². The number of hydrogen-bond donors (Lipinski definition) is 1. The van der Waals surface area contributed by atoms with Crippen LogP contribution in [0.5, 0.6) is 5.75 Å². The average molecular weight is 745 g/mol. The van der Waals surface area contributed by atoms with E-state index in [2.05, 4.69) is 9.97 Å². The molecule has 1 aliphatic heterocycles. The number of rotatable bonds is 8. The lowest BCUT2D eigenvalue weighted by atomic mass is 9.68. The summed E-state index contributed by atoms with van der Waals surface area (Å²) in [4.78, 5) is 15.4. The summed E-state index contributed by atoms with van der Waals surface area (Å²) in [5, 5.41) is 11.6. The minimum absolute atomic E-state index is 0.0348. The third-order valence-electron chi connectivity index (χ3n) is 10.5. The van der Waals surface area contributed by atoms with Gasteiger partial charge in [0.25, 0.3) is 0 Å². The molecule has 0 bridgehead atoms. The number of aliphatic hydroxyl groups is 1. The van der Waals surface area contributed by atoms with Gasteiger partial charge in [0.15, 0.2) is 11.9 Å². The Kier molecular flexibility index (Phi) is 10.5. The number of ether oxygens (including phenoxy) is 1. The van der Waals surface area contributed by atoms with Crippen LogP contribution in [0.2, 0.25) is 0 Å². The molecular formula is C37H41F9N4O2. The van der Waals surface area contributed by atoms with Gasteiger partial charge in [-0.2, -0.15) is 26.3 Å². The molecule has 2 aromatic heterocycles. The molecule has 1 saturated carbocycles. The molecule has 0 radical (unpaired) electrons. The predicted molar refractivity (Wildman–Crippen MR) is 174 cm³/mol. The van der Waals surface area contributed by atoms with Crippen LogP contribution in [0.15, 0.2) is 36.7 Å². The van der Waals surface area contributed by atoms with E-state index in [0.717, 1.165) is 24.3 Å². The molecule has 284 valence electrons. The van der Waals surface area contributed by atoms with Crippen LogP contribution in [0.3, 0.4) is 0 Å². The standard InChI is InChI=1S/C37H41F9N4O2/c1-34(2)17-26-29(27(51)18-34)28(21-7-11-35(39,40)12-8-21)30(31(38)22-3-5-24(6-4-22)37(44,45)46)32(49-26)23-9-14-50(15-10-23)33-47-19-25(20-48-33)52-16-13-36(41,42)43/h3-6,19-21,23,27,31,51H,7-18H2,1-2H3/t27?,31-/m0/s1. The van der Waals surface area contributed by atoms with Crippen molar-refractivity contribution >= 4 is 5.95 Å². The van der Waals surface area contributed by atoms with E-state index in [1.54, 1.807) is 0 Å². The zero-order chi connectivity index (χ0) is 37.6. The lowest BCUT2D eigenvalue weighted by Gasteiger charge is -2.41. The van der Waals surface area contributed by atoms with E-state index in [1.165, 1.54) is 12.4 Å². The van der Waals surface area contributed by atoms with Crippen LogP contribution in [-0.4, -0.2) is 51.9 Å². The third kappa shape index (κ3) is 8.60. The summed E-state index contributed by atoms with van der Waals surface area (Å²) in [7, 11) is 0. The normalized spacial score (nSPS) is 21.8. The Morgan fingerprint density at radius 3 is 2.10 bits per heavy atom. The number of fused-ring (bicyclic) bond motifs is 1. The number of anilines is 1. The Hall–Kier alpha value is -3.62. The average Bonchev–Trinajstić information content (AvgIpc) is 3.06. The molecule has 2 aliphatic carbocycles. The second kappa shape index (κ2) is 14.3.